The molecule has 20 heavy (non-hydrogen) atoms. The van der Waals surface area contributed by atoms with Gasteiger partial charge in [0.05, 0.1) is 24.8 Å². The lowest BCUT2D eigenvalue weighted by atomic mass is 9.86. The highest BCUT2D eigenvalue weighted by atomic mass is 16.5. The van der Waals surface area contributed by atoms with E-state index in [1.807, 2.05) is 18.0 Å². The fraction of sp³-hybridized carbons (Fsp3) is 0.643. The number of nitrogens with zero attached hydrogens (tertiary/aromatic N) is 3. The van der Waals surface area contributed by atoms with Crippen molar-refractivity contribution >= 4 is 11.9 Å². The van der Waals surface area contributed by atoms with Gasteiger partial charge >= 0.3 is 5.97 Å². The largest absolute Gasteiger partial charge is 0.469 e. The summed E-state index contributed by atoms with van der Waals surface area (Å²) >= 11 is 0. The van der Waals surface area contributed by atoms with Crippen LogP contribution in [0.5, 0.6) is 0 Å². The van der Waals surface area contributed by atoms with Gasteiger partial charge in [-0.05, 0) is 25.3 Å². The van der Waals surface area contributed by atoms with Crippen LogP contribution in [0.3, 0.4) is 0 Å². The van der Waals surface area contributed by atoms with Gasteiger partial charge in [0.25, 0.3) is 0 Å². The normalized spacial score (nSPS) is 26.7. The molecule has 6 heteroatoms. The van der Waals surface area contributed by atoms with E-state index < -0.39 is 0 Å². The molecule has 1 amide bonds. The van der Waals surface area contributed by atoms with E-state index in [9.17, 15) is 9.59 Å². The van der Waals surface area contributed by atoms with Gasteiger partial charge in [-0.15, -0.1) is 0 Å². The number of carbonyl (C=O) groups excluding carboxylic acids is 2. The summed E-state index contributed by atoms with van der Waals surface area (Å²) in [5.74, 6) is -0.401. The third kappa shape index (κ3) is 2.09. The smallest absolute Gasteiger partial charge is 0.311 e. The Morgan fingerprint density at radius 3 is 2.70 bits per heavy atom. The van der Waals surface area contributed by atoms with Crippen LogP contribution >= 0.6 is 0 Å². The van der Waals surface area contributed by atoms with Crippen LogP contribution < -0.4 is 0 Å². The number of piperidine rings is 1. The molecular weight excluding hydrogens is 258 g/mol. The molecule has 6 nitrogen and oxygen atoms in total. The van der Waals surface area contributed by atoms with Crippen LogP contribution in [0.4, 0.5) is 0 Å². The molecule has 2 atom stereocenters. The molecule has 3 rings (SSSR count). The minimum atomic E-state index is -0.298. The third-order valence-corrected chi connectivity index (χ3v) is 4.24. The molecule has 0 N–H and O–H groups in total. The molecule has 1 saturated carbocycles. The van der Waals surface area contributed by atoms with Crippen LogP contribution in [0.1, 0.15) is 37.4 Å². The van der Waals surface area contributed by atoms with Crippen molar-refractivity contribution in [2.75, 3.05) is 7.11 Å². The van der Waals surface area contributed by atoms with Crippen molar-refractivity contribution in [3.63, 3.8) is 0 Å². The number of hydrogen-bond donors (Lipinski definition) is 0. The van der Waals surface area contributed by atoms with Crippen molar-refractivity contribution in [2.24, 2.45) is 13.0 Å². The highest BCUT2D eigenvalue weighted by Gasteiger charge is 2.47. The summed E-state index contributed by atoms with van der Waals surface area (Å²) in [7, 11) is 3.24. The number of amides is 1. The summed E-state index contributed by atoms with van der Waals surface area (Å²) in [6, 6.07) is 1.91. The zero-order valence-corrected chi connectivity index (χ0v) is 11.8. The average Bonchev–Trinajstić information content (AvgIpc) is 3.19. The van der Waals surface area contributed by atoms with Crippen LogP contribution in [0.2, 0.25) is 0 Å². The predicted molar refractivity (Wildman–Crippen MR) is 70.6 cm³/mol. The number of rotatable bonds is 3. The zero-order valence-electron chi connectivity index (χ0n) is 11.8. The number of likely N-dealkylation sites (tertiary alicyclic amines) is 1. The number of esters is 1. The van der Waals surface area contributed by atoms with Gasteiger partial charge in [-0.3, -0.25) is 14.3 Å². The highest BCUT2D eigenvalue weighted by Crippen LogP contribution is 2.43. The molecule has 1 aromatic rings. The van der Waals surface area contributed by atoms with Crippen LogP contribution in [0.15, 0.2) is 12.3 Å². The van der Waals surface area contributed by atoms with E-state index >= 15 is 0 Å². The number of aryl methyl sites for hydroxylation is 1. The number of aromatic nitrogens is 2. The van der Waals surface area contributed by atoms with Gasteiger partial charge in [0.2, 0.25) is 5.91 Å². The molecule has 108 valence electrons. The van der Waals surface area contributed by atoms with Gasteiger partial charge in [-0.2, -0.15) is 5.10 Å². The molecule has 1 aliphatic heterocycles. The maximum absolute atomic E-state index is 12.3. The molecule has 0 unspecified atom stereocenters. The Labute approximate surface area is 117 Å². The molecule has 1 saturated heterocycles. The van der Waals surface area contributed by atoms with Gasteiger partial charge in [-0.1, -0.05) is 0 Å². The van der Waals surface area contributed by atoms with E-state index in [2.05, 4.69) is 5.10 Å². The van der Waals surface area contributed by atoms with E-state index in [0.29, 0.717) is 12.8 Å². The minimum Gasteiger partial charge on any atom is -0.469 e. The van der Waals surface area contributed by atoms with Crippen molar-refractivity contribution in [1.82, 2.24) is 14.7 Å². The summed E-state index contributed by atoms with van der Waals surface area (Å²) in [4.78, 5) is 26.3. The molecule has 1 aliphatic carbocycles. The van der Waals surface area contributed by atoms with Gasteiger partial charge in [0.15, 0.2) is 0 Å². The van der Waals surface area contributed by atoms with E-state index in [-0.39, 0.29) is 29.9 Å². The lowest BCUT2D eigenvalue weighted by Crippen LogP contribution is -2.47. The first-order chi connectivity index (χ1) is 9.63. The average molecular weight is 277 g/mol. The number of carbonyl (C=O) groups is 2. The monoisotopic (exact) mass is 277 g/mol. The Hall–Kier alpha value is -1.85. The Bertz CT molecular complexity index is 536. The van der Waals surface area contributed by atoms with Gasteiger partial charge in [-0.25, -0.2) is 0 Å². The van der Waals surface area contributed by atoms with E-state index in [1.54, 1.807) is 10.9 Å². The number of hydrogen-bond acceptors (Lipinski definition) is 4. The van der Waals surface area contributed by atoms with E-state index in [4.69, 9.17) is 4.74 Å². The summed E-state index contributed by atoms with van der Waals surface area (Å²) in [6.07, 6.45) is 4.71. The van der Waals surface area contributed by atoms with Crippen molar-refractivity contribution in [2.45, 2.75) is 37.8 Å². The van der Waals surface area contributed by atoms with Crippen LogP contribution in [-0.2, 0) is 21.4 Å². The van der Waals surface area contributed by atoms with Crippen molar-refractivity contribution in [3.05, 3.63) is 18.0 Å². The third-order valence-electron chi connectivity index (χ3n) is 4.24. The van der Waals surface area contributed by atoms with Crippen LogP contribution in [0.25, 0.3) is 0 Å². The van der Waals surface area contributed by atoms with E-state index in [0.717, 1.165) is 18.5 Å². The van der Waals surface area contributed by atoms with Gasteiger partial charge in [0.1, 0.15) is 0 Å². The topological polar surface area (TPSA) is 64.4 Å². The number of ether oxygens (including phenoxy) is 1. The van der Waals surface area contributed by atoms with E-state index in [1.165, 1.54) is 7.11 Å². The first kappa shape index (κ1) is 13.1. The highest BCUT2D eigenvalue weighted by molar-refractivity contribution is 5.82. The second-order valence-corrected chi connectivity index (χ2v) is 5.53. The SMILES string of the molecule is COC(=O)[C@@H]1CCC(=O)N(C2CC2)[C@@H]1c1ccnn1C. The summed E-state index contributed by atoms with van der Waals surface area (Å²) < 4.78 is 6.68. The number of methoxy groups -OCH3 is 1. The van der Waals surface area contributed by atoms with Crippen molar-refractivity contribution < 1.29 is 14.3 Å². The predicted octanol–water partition coefficient (Wildman–Crippen LogP) is 1.04. The molecule has 2 heterocycles. The first-order valence-corrected chi connectivity index (χ1v) is 7.00. The van der Waals surface area contributed by atoms with Crippen molar-refractivity contribution in [1.29, 1.82) is 0 Å². The lowest BCUT2D eigenvalue weighted by Gasteiger charge is -2.40. The molecule has 2 aliphatic rings. The second-order valence-electron chi connectivity index (χ2n) is 5.53. The molecule has 1 aromatic heterocycles. The quantitative estimate of drug-likeness (QED) is 0.774. The molecule has 2 fully saturated rings. The van der Waals surface area contributed by atoms with Crippen molar-refractivity contribution in [3.8, 4) is 0 Å². The molecule has 0 bridgehead atoms. The molecule has 0 radical (unpaired) electrons. The minimum absolute atomic E-state index is 0.138. The maximum atomic E-state index is 12.3. The fourth-order valence-corrected chi connectivity index (χ4v) is 3.12. The van der Waals surface area contributed by atoms with Gasteiger partial charge in [0, 0.05) is 25.7 Å². The fourth-order valence-electron chi connectivity index (χ4n) is 3.12. The van der Waals surface area contributed by atoms with Crippen LogP contribution in [-0.4, -0.2) is 39.7 Å². The standard InChI is InChI=1S/C14H19N3O3/c1-16-11(7-8-15-16)13-10(14(19)20-2)5-6-12(18)17(13)9-3-4-9/h7-10,13H,3-6H2,1-2H3/t10-,13+/m1/s1. The molecule has 0 spiro atoms. The summed E-state index contributed by atoms with van der Waals surface area (Å²) in [6.45, 7) is 0. The van der Waals surface area contributed by atoms with Gasteiger partial charge < -0.3 is 9.64 Å². The Morgan fingerprint density at radius 1 is 1.40 bits per heavy atom. The summed E-state index contributed by atoms with van der Waals surface area (Å²) in [5.41, 5.74) is 0.903. The molecular formula is C14H19N3O3. The first-order valence-electron chi connectivity index (χ1n) is 7.00. The zero-order chi connectivity index (χ0) is 14.3. The molecule has 0 aromatic carbocycles. The lowest BCUT2D eigenvalue weighted by molar-refractivity contribution is -0.155. The summed E-state index contributed by atoms with van der Waals surface area (Å²) in [5, 5.41) is 4.18. The Balaban J connectivity index is 2.00. The van der Waals surface area contributed by atoms with Crippen LogP contribution in [0, 0.1) is 5.92 Å². The second kappa shape index (κ2) is 4.92. The maximum Gasteiger partial charge on any atom is 0.311 e. The Kier molecular flexibility index (Phi) is 3.23. The Morgan fingerprint density at radius 2 is 2.15 bits per heavy atom.